The van der Waals surface area contributed by atoms with Gasteiger partial charge in [-0.15, -0.1) is 5.53 Å². The Kier molecular flexibility index (Phi) is 10.2. The van der Waals surface area contributed by atoms with E-state index in [4.69, 9.17) is 9.47 Å². The number of aliphatic hydroxyl groups excluding tert-OH is 1. The van der Waals surface area contributed by atoms with Gasteiger partial charge in [-0.2, -0.15) is 0 Å². The zero-order valence-electron chi connectivity index (χ0n) is 29.0. The molecule has 5 rings (SSSR count). The number of ether oxygens (including phenoxy) is 2. The predicted molar refractivity (Wildman–Crippen MR) is 184 cm³/mol. The van der Waals surface area contributed by atoms with E-state index in [0.29, 0.717) is 18.7 Å². The summed E-state index contributed by atoms with van der Waals surface area (Å²) in [4.78, 5) is 26.7. The first kappa shape index (κ1) is 34.3. The highest BCUT2D eigenvalue weighted by Gasteiger charge is 2.29. The van der Waals surface area contributed by atoms with Crippen LogP contribution < -0.4 is 16.0 Å². The molecule has 1 amide bonds. The van der Waals surface area contributed by atoms with Gasteiger partial charge in [-0.3, -0.25) is 0 Å². The van der Waals surface area contributed by atoms with E-state index >= 15 is 0 Å². The van der Waals surface area contributed by atoms with Crippen molar-refractivity contribution in [1.82, 2.24) is 4.90 Å². The van der Waals surface area contributed by atoms with Crippen molar-refractivity contribution in [1.29, 1.82) is 0 Å². The van der Waals surface area contributed by atoms with E-state index in [9.17, 15) is 14.7 Å². The summed E-state index contributed by atoms with van der Waals surface area (Å²) in [5, 5.41) is 13.7. The molecule has 0 fully saturated rings. The number of nitrogens with one attached hydrogen (secondary N) is 1. The summed E-state index contributed by atoms with van der Waals surface area (Å²) >= 11 is 0. The lowest BCUT2D eigenvalue weighted by Gasteiger charge is -2.31. The highest BCUT2D eigenvalue weighted by molar-refractivity contribution is 5.89. The second-order valence-electron chi connectivity index (χ2n) is 14.7. The zero-order chi connectivity index (χ0) is 33.9. The number of hydrogen-bond donors (Lipinski definition) is 3. The van der Waals surface area contributed by atoms with E-state index in [1.54, 1.807) is 4.90 Å². The Balaban J connectivity index is 1.14. The number of nitrogens with two attached hydrogens (primary N) is 1. The van der Waals surface area contributed by atoms with E-state index in [1.165, 1.54) is 11.1 Å². The summed E-state index contributed by atoms with van der Waals surface area (Å²) in [5.74, 6) is -0.288. The molecule has 0 saturated heterocycles. The van der Waals surface area contributed by atoms with Crippen molar-refractivity contribution in [2.75, 3.05) is 23.5 Å². The molecule has 1 atom stereocenters. The summed E-state index contributed by atoms with van der Waals surface area (Å²) < 4.78 is 11.1. The lowest BCUT2D eigenvalue weighted by molar-refractivity contribution is -0.631. The smallest absolute Gasteiger partial charge is 0.410 e. The summed E-state index contributed by atoms with van der Waals surface area (Å²) in [7, 11) is 0. The maximum Gasteiger partial charge on any atom is 0.410 e. The minimum Gasteiger partial charge on any atom is -0.456 e. The fraction of sp³-hybridized carbons (Fsp3) is 0.474. The molecule has 0 saturated carbocycles. The number of amides is 1. The lowest BCUT2D eigenvalue weighted by atomic mass is 9.91. The first-order valence-electron chi connectivity index (χ1n) is 16.8. The molecule has 9 nitrogen and oxygen atoms in total. The van der Waals surface area contributed by atoms with Crippen LogP contribution in [0.25, 0.3) is 0 Å². The van der Waals surface area contributed by atoms with E-state index in [-0.39, 0.29) is 12.1 Å². The molecule has 0 aromatic heterocycles. The number of nitrogens with zero attached hydrogens (tertiary/aromatic N) is 2. The van der Waals surface area contributed by atoms with Gasteiger partial charge in [0.2, 0.25) is 0 Å². The Morgan fingerprint density at radius 2 is 1.64 bits per heavy atom. The second-order valence-corrected chi connectivity index (χ2v) is 14.7. The number of benzene rings is 3. The molecule has 0 bridgehead atoms. The summed E-state index contributed by atoms with van der Waals surface area (Å²) in [5.41, 5.74) is 13.3. The quantitative estimate of drug-likeness (QED) is 0.141. The van der Waals surface area contributed by atoms with E-state index < -0.39 is 17.3 Å². The van der Waals surface area contributed by atoms with Crippen LogP contribution in [0, 0.1) is 6.92 Å². The molecular weight excluding hydrogens is 592 g/mol. The Labute approximate surface area is 279 Å². The highest BCUT2D eigenvalue weighted by atomic mass is 16.6. The van der Waals surface area contributed by atoms with Crippen molar-refractivity contribution in [3.05, 3.63) is 93.5 Å². The average Bonchev–Trinajstić information content (AvgIpc) is 3.42. The Morgan fingerprint density at radius 1 is 0.915 bits per heavy atom. The van der Waals surface area contributed by atoms with Crippen LogP contribution in [-0.2, 0) is 28.9 Å². The van der Waals surface area contributed by atoms with Crippen LogP contribution in [-0.4, -0.2) is 46.4 Å². The zero-order valence-corrected chi connectivity index (χ0v) is 29.0. The van der Waals surface area contributed by atoms with Crippen molar-refractivity contribution >= 4 is 23.4 Å². The largest absolute Gasteiger partial charge is 0.456 e. The van der Waals surface area contributed by atoms with Crippen LogP contribution in [0.2, 0.25) is 0 Å². The van der Waals surface area contributed by atoms with Crippen LogP contribution >= 0.6 is 0 Å². The molecule has 0 aliphatic carbocycles. The Morgan fingerprint density at radius 3 is 2.34 bits per heavy atom. The molecule has 252 valence electrons. The number of esters is 1. The van der Waals surface area contributed by atoms with Gasteiger partial charge in [0.15, 0.2) is 0 Å². The van der Waals surface area contributed by atoms with E-state index in [1.807, 2.05) is 89.5 Å². The third kappa shape index (κ3) is 8.64. The molecule has 2 aliphatic heterocycles. The number of aryl methyl sites for hydroxylation is 1. The van der Waals surface area contributed by atoms with Crippen LogP contribution in [0.1, 0.15) is 111 Å². The molecule has 0 spiro atoms. The molecular formula is C38H51N4O5+. The number of quaternary nitrogens is 1. The number of rotatable bonds is 9. The first-order valence-corrected chi connectivity index (χ1v) is 16.8. The highest BCUT2D eigenvalue weighted by Crippen LogP contribution is 2.37. The van der Waals surface area contributed by atoms with Crippen molar-refractivity contribution in [2.24, 2.45) is 0 Å². The normalized spacial score (nSPS) is 15.1. The van der Waals surface area contributed by atoms with E-state index in [2.05, 4.69) is 29.5 Å². The van der Waals surface area contributed by atoms with Crippen LogP contribution in [0.4, 0.5) is 16.2 Å². The fourth-order valence-corrected chi connectivity index (χ4v) is 6.17. The van der Waals surface area contributed by atoms with Crippen LogP contribution in [0.5, 0.6) is 0 Å². The Bertz CT molecular complexity index is 1590. The number of unbranched alkanes of at least 4 members (excludes halogenated alkanes) is 2. The number of carbonyl (C=O) groups excluding carboxylic acids is 2. The standard InChI is InChI=1S/C38H50N4O5/c1-25-31(34(43)29-17-16-27-20-22-41(24-30(27)23-29)36(45)47-38(5,6)7)18-19-32-33(25)39-40-42(32)21-10-8-9-11-26-12-14-28(15-13-26)35(44)46-37(2,3)4/h12-19,23,34,39-40,43H,8-11,20-22,24H2,1-7H3/p+1. The van der Waals surface area contributed by atoms with Gasteiger partial charge in [-0.25, -0.2) is 20.0 Å². The molecule has 4 N–H and O–H groups in total. The number of carbonyl (C=O) groups is 2. The lowest BCUT2D eigenvalue weighted by Crippen LogP contribution is -2.95. The summed E-state index contributed by atoms with van der Waals surface area (Å²) in [6, 6.07) is 18.0. The molecule has 1 unspecified atom stereocenters. The van der Waals surface area contributed by atoms with Gasteiger partial charge in [0, 0.05) is 13.1 Å². The Hall–Kier alpha value is -4.08. The third-order valence-electron chi connectivity index (χ3n) is 8.62. The molecule has 47 heavy (non-hydrogen) atoms. The molecule has 2 aliphatic rings. The van der Waals surface area contributed by atoms with Crippen molar-refractivity contribution in [3.63, 3.8) is 0 Å². The second kappa shape index (κ2) is 14.0. The fourth-order valence-electron chi connectivity index (χ4n) is 6.17. The predicted octanol–water partition coefficient (Wildman–Crippen LogP) is 6.36. The van der Waals surface area contributed by atoms with Gasteiger partial charge in [0.25, 0.3) is 0 Å². The van der Waals surface area contributed by atoms with Crippen LogP contribution in [0.15, 0.2) is 54.6 Å². The van der Waals surface area contributed by atoms with Gasteiger partial charge >= 0.3 is 12.1 Å². The minimum atomic E-state index is -0.781. The molecule has 2 heterocycles. The molecule has 3 aromatic rings. The number of aliphatic hydroxyl groups is 1. The minimum absolute atomic E-state index is 0.288. The SMILES string of the molecule is Cc1c(C(O)c2ccc3c(c2)CN(C(=O)OC(C)(C)C)CC3)ccc2c1N[NH2+]N2CCCCCc1ccc(C(=O)OC(C)(C)C)cc1. The topological polar surface area (TPSA) is 108 Å². The van der Waals surface area contributed by atoms with Gasteiger partial charge in [0.05, 0.1) is 12.1 Å². The maximum absolute atomic E-state index is 12.7. The molecule has 3 aromatic carbocycles. The number of anilines is 2. The van der Waals surface area contributed by atoms with Crippen molar-refractivity contribution < 1.29 is 29.7 Å². The van der Waals surface area contributed by atoms with Gasteiger partial charge in [-0.1, -0.05) is 42.8 Å². The van der Waals surface area contributed by atoms with Crippen LogP contribution in [0.3, 0.4) is 0 Å². The van der Waals surface area contributed by atoms with Gasteiger partial charge in [-0.05, 0) is 126 Å². The van der Waals surface area contributed by atoms with Crippen molar-refractivity contribution in [3.8, 4) is 0 Å². The van der Waals surface area contributed by atoms with Crippen molar-refractivity contribution in [2.45, 2.75) is 104 Å². The first-order chi connectivity index (χ1) is 22.2. The maximum atomic E-state index is 12.7. The average molecular weight is 644 g/mol. The molecule has 9 heteroatoms. The summed E-state index contributed by atoms with van der Waals surface area (Å²) in [6.45, 7) is 15.3. The number of hydrogen-bond acceptors (Lipinski definition) is 7. The third-order valence-corrected chi connectivity index (χ3v) is 8.62. The summed E-state index contributed by atoms with van der Waals surface area (Å²) in [6.07, 6.45) is 3.86. The van der Waals surface area contributed by atoms with Gasteiger partial charge in [0.1, 0.15) is 28.7 Å². The number of nitrogen functional groups attached to an aromatic ring is 1. The van der Waals surface area contributed by atoms with E-state index in [0.717, 1.165) is 72.3 Å². The monoisotopic (exact) mass is 643 g/mol. The molecule has 0 radical (unpaired) electrons. The number of fused-ring (bicyclic) bond motifs is 2. The van der Waals surface area contributed by atoms with Gasteiger partial charge < -0.3 is 19.5 Å².